The summed E-state index contributed by atoms with van der Waals surface area (Å²) in [7, 11) is -3.80. The zero-order valence-electron chi connectivity index (χ0n) is 17.3. The summed E-state index contributed by atoms with van der Waals surface area (Å²) < 4.78 is 28.0. The van der Waals surface area contributed by atoms with Gasteiger partial charge < -0.3 is 5.32 Å². The Morgan fingerprint density at radius 2 is 1.53 bits per heavy atom. The molecule has 2 N–H and O–H groups in total. The molecule has 0 aliphatic carbocycles. The first-order valence-corrected chi connectivity index (χ1v) is 11.3. The van der Waals surface area contributed by atoms with Crippen molar-refractivity contribution in [2.24, 2.45) is 5.92 Å². The lowest BCUT2D eigenvalue weighted by Gasteiger charge is -2.24. The van der Waals surface area contributed by atoms with Crippen molar-refractivity contribution in [1.82, 2.24) is 5.32 Å². The molecule has 3 rings (SSSR count). The van der Waals surface area contributed by atoms with E-state index in [1.165, 1.54) is 12.1 Å². The van der Waals surface area contributed by atoms with Crippen LogP contribution in [-0.2, 0) is 10.0 Å². The van der Waals surface area contributed by atoms with Gasteiger partial charge in [0.2, 0.25) is 0 Å². The second kappa shape index (κ2) is 9.13. The lowest BCUT2D eigenvalue weighted by atomic mass is 9.92. The van der Waals surface area contributed by atoms with Gasteiger partial charge in [-0.1, -0.05) is 62.4 Å². The molecule has 156 valence electrons. The van der Waals surface area contributed by atoms with E-state index in [-0.39, 0.29) is 22.8 Å². The number of carbonyl (C=O) groups is 1. The van der Waals surface area contributed by atoms with Gasteiger partial charge in [-0.25, -0.2) is 8.42 Å². The van der Waals surface area contributed by atoms with Crippen LogP contribution in [0.15, 0.2) is 83.8 Å². The zero-order valence-corrected chi connectivity index (χ0v) is 18.1. The minimum atomic E-state index is -3.80. The lowest BCUT2D eigenvalue weighted by molar-refractivity contribution is 0.0925. The van der Waals surface area contributed by atoms with Gasteiger partial charge in [0.25, 0.3) is 15.9 Å². The summed E-state index contributed by atoms with van der Waals surface area (Å²) in [5.74, 6) is -0.143. The van der Waals surface area contributed by atoms with Crippen LogP contribution in [0.5, 0.6) is 0 Å². The SMILES string of the molecule is Cc1ccccc1[C@H](NC(=O)c1cccc(S(=O)(=O)Nc2ccccc2)c1)C(C)C. The van der Waals surface area contributed by atoms with E-state index in [1.54, 1.807) is 36.4 Å². The maximum atomic E-state index is 13.0. The number of benzene rings is 3. The zero-order chi connectivity index (χ0) is 21.7. The molecule has 0 heterocycles. The molecule has 0 bridgehead atoms. The fourth-order valence-electron chi connectivity index (χ4n) is 3.29. The third kappa shape index (κ3) is 5.07. The van der Waals surface area contributed by atoms with Gasteiger partial charge in [0.1, 0.15) is 0 Å². The first-order chi connectivity index (χ1) is 14.3. The molecule has 1 amide bonds. The molecular weight excluding hydrogens is 396 g/mol. The van der Waals surface area contributed by atoms with Gasteiger partial charge in [0.05, 0.1) is 10.9 Å². The van der Waals surface area contributed by atoms with Crippen LogP contribution in [-0.4, -0.2) is 14.3 Å². The Balaban J connectivity index is 1.84. The van der Waals surface area contributed by atoms with Crippen LogP contribution in [0.25, 0.3) is 0 Å². The van der Waals surface area contributed by atoms with Crippen LogP contribution in [0.1, 0.15) is 41.4 Å². The van der Waals surface area contributed by atoms with E-state index in [4.69, 9.17) is 0 Å². The minimum Gasteiger partial charge on any atom is -0.345 e. The minimum absolute atomic E-state index is 0.0380. The highest BCUT2D eigenvalue weighted by Crippen LogP contribution is 2.25. The summed E-state index contributed by atoms with van der Waals surface area (Å²) in [5, 5.41) is 3.06. The molecule has 0 aliphatic heterocycles. The number of rotatable bonds is 7. The van der Waals surface area contributed by atoms with Gasteiger partial charge in [0, 0.05) is 11.3 Å². The average molecular weight is 423 g/mol. The summed E-state index contributed by atoms with van der Waals surface area (Å²) in [6.07, 6.45) is 0. The molecule has 6 heteroatoms. The number of anilines is 1. The predicted molar refractivity (Wildman–Crippen MR) is 120 cm³/mol. The van der Waals surface area contributed by atoms with Crippen molar-refractivity contribution in [1.29, 1.82) is 0 Å². The van der Waals surface area contributed by atoms with Crippen LogP contribution in [0.4, 0.5) is 5.69 Å². The Morgan fingerprint density at radius 1 is 0.867 bits per heavy atom. The fraction of sp³-hybridized carbons (Fsp3) is 0.208. The maximum Gasteiger partial charge on any atom is 0.261 e. The third-order valence-corrected chi connectivity index (χ3v) is 6.29. The molecule has 0 saturated heterocycles. The van der Waals surface area contributed by atoms with Crippen molar-refractivity contribution < 1.29 is 13.2 Å². The highest BCUT2D eigenvalue weighted by Gasteiger charge is 2.22. The summed E-state index contributed by atoms with van der Waals surface area (Å²) in [4.78, 5) is 13.0. The van der Waals surface area contributed by atoms with Gasteiger partial charge in [-0.15, -0.1) is 0 Å². The Kier molecular flexibility index (Phi) is 6.57. The van der Waals surface area contributed by atoms with Gasteiger partial charge in [-0.05, 0) is 54.3 Å². The van der Waals surface area contributed by atoms with Gasteiger partial charge >= 0.3 is 0 Å². The molecule has 0 unspecified atom stereocenters. The van der Waals surface area contributed by atoms with Crippen molar-refractivity contribution in [2.75, 3.05) is 4.72 Å². The summed E-state index contributed by atoms with van der Waals surface area (Å²) in [6, 6.07) is 22.5. The summed E-state index contributed by atoms with van der Waals surface area (Å²) in [5.41, 5.74) is 2.91. The van der Waals surface area contributed by atoms with Gasteiger partial charge in [0.15, 0.2) is 0 Å². The summed E-state index contributed by atoms with van der Waals surface area (Å²) in [6.45, 7) is 6.10. The first kappa shape index (κ1) is 21.6. The van der Waals surface area contributed by atoms with Crippen molar-refractivity contribution in [3.05, 3.63) is 95.6 Å². The standard InChI is InChI=1S/C24H26N2O3S/c1-17(2)23(22-15-8-7-10-18(22)3)25-24(27)19-11-9-14-21(16-19)30(28,29)26-20-12-5-4-6-13-20/h4-17,23,26H,1-3H3,(H,25,27)/t23-/m1/s1. The number of aryl methyl sites for hydroxylation is 1. The van der Waals surface area contributed by atoms with Gasteiger partial charge in [-0.2, -0.15) is 0 Å². The van der Waals surface area contributed by atoms with E-state index in [0.717, 1.165) is 11.1 Å². The van der Waals surface area contributed by atoms with E-state index in [9.17, 15) is 13.2 Å². The predicted octanol–water partition coefficient (Wildman–Crippen LogP) is 4.92. The van der Waals surface area contributed by atoms with E-state index in [0.29, 0.717) is 11.3 Å². The van der Waals surface area contributed by atoms with E-state index < -0.39 is 10.0 Å². The molecule has 0 aromatic heterocycles. The highest BCUT2D eigenvalue weighted by molar-refractivity contribution is 7.92. The summed E-state index contributed by atoms with van der Waals surface area (Å²) >= 11 is 0. The number of carbonyl (C=O) groups excluding carboxylic acids is 1. The molecular formula is C24H26N2O3S. The Hall–Kier alpha value is -3.12. The second-order valence-corrected chi connectivity index (χ2v) is 9.23. The topological polar surface area (TPSA) is 75.3 Å². The average Bonchev–Trinajstić information content (AvgIpc) is 2.73. The molecule has 0 saturated carbocycles. The molecule has 5 nitrogen and oxygen atoms in total. The quantitative estimate of drug-likeness (QED) is 0.567. The van der Waals surface area contributed by atoms with E-state index in [2.05, 4.69) is 10.0 Å². The molecule has 0 radical (unpaired) electrons. The second-order valence-electron chi connectivity index (χ2n) is 7.55. The molecule has 3 aromatic rings. The van der Waals surface area contributed by atoms with Crippen molar-refractivity contribution >= 4 is 21.6 Å². The Morgan fingerprint density at radius 3 is 2.20 bits per heavy atom. The molecule has 0 fully saturated rings. The maximum absolute atomic E-state index is 13.0. The number of sulfonamides is 1. The first-order valence-electron chi connectivity index (χ1n) is 9.82. The van der Waals surface area contributed by atoms with Crippen molar-refractivity contribution in [3.8, 4) is 0 Å². The Bertz CT molecular complexity index is 1130. The smallest absolute Gasteiger partial charge is 0.261 e. The highest BCUT2D eigenvalue weighted by atomic mass is 32.2. The lowest BCUT2D eigenvalue weighted by Crippen LogP contribution is -2.32. The molecule has 30 heavy (non-hydrogen) atoms. The molecule has 3 aromatic carbocycles. The number of amides is 1. The normalized spacial score (nSPS) is 12.4. The van der Waals surface area contributed by atoms with Crippen molar-refractivity contribution in [3.63, 3.8) is 0 Å². The van der Waals surface area contributed by atoms with Crippen LogP contribution < -0.4 is 10.0 Å². The van der Waals surface area contributed by atoms with E-state index >= 15 is 0 Å². The van der Waals surface area contributed by atoms with Crippen LogP contribution in [0.2, 0.25) is 0 Å². The van der Waals surface area contributed by atoms with Crippen LogP contribution in [0, 0.1) is 12.8 Å². The third-order valence-electron chi connectivity index (χ3n) is 4.91. The number of hydrogen-bond acceptors (Lipinski definition) is 3. The van der Waals surface area contributed by atoms with Gasteiger partial charge in [-0.3, -0.25) is 9.52 Å². The largest absolute Gasteiger partial charge is 0.345 e. The van der Waals surface area contributed by atoms with Crippen molar-refractivity contribution in [2.45, 2.75) is 31.7 Å². The molecule has 0 aliphatic rings. The number of hydrogen-bond donors (Lipinski definition) is 2. The molecule has 0 spiro atoms. The molecule has 1 atom stereocenters. The monoisotopic (exact) mass is 422 g/mol. The van der Waals surface area contributed by atoms with Crippen LogP contribution in [0.3, 0.4) is 0 Å². The Labute approximate surface area is 178 Å². The number of nitrogens with one attached hydrogen (secondary N) is 2. The van der Waals surface area contributed by atoms with Crippen LogP contribution >= 0.6 is 0 Å². The fourth-order valence-corrected chi connectivity index (χ4v) is 4.39. The number of para-hydroxylation sites is 1. The van der Waals surface area contributed by atoms with E-state index in [1.807, 2.05) is 51.1 Å².